The highest BCUT2D eigenvalue weighted by atomic mass is 16.3. The highest BCUT2D eigenvalue weighted by molar-refractivity contribution is 5.80. The molecule has 2 nitrogen and oxygen atoms in total. The Morgan fingerprint density at radius 3 is 2.74 bits per heavy atom. The molecule has 3 rings (SSSR count). The molecule has 19 heavy (non-hydrogen) atoms. The van der Waals surface area contributed by atoms with Gasteiger partial charge in [0.1, 0.15) is 0 Å². The lowest BCUT2D eigenvalue weighted by atomic mass is 9.63. The number of aromatic amines is 1. The first kappa shape index (κ1) is 12.7. The summed E-state index contributed by atoms with van der Waals surface area (Å²) in [5.41, 5.74) is 1.89. The zero-order chi connectivity index (χ0) is 13.7. The van der Waals surface area contributed by atoms with Crippen LogP contribution in [0.1, 0.15) is 45.6 Å². The summed E-state index contributed by atoms with van der Waals surface area (Å²) in [6.07, 6.45) is 4.97. The maximum Gasteiger partial charge on any atom is 0.0922 e. The highest BCUT2D eigenvalue weighted by Gasteiger charge is 2.43. The van der Waals surface area contributed by atoms with Crippen molar-refractivity contribution in [1.29, 1.82) is 0 Å². The standard InChI is InChI=1S/C17H23NO/c1-12-11-16(2,3)7-8-17(12,19)14-4-5-15-13(10-14)6-9-18-15/h4-6,9-10,12,18-19H,7-8,11H2,1-3H3. The average molecular weight is 257 g/mol. The van der Waals surface area contributed by atoms with Crippen molar-refractivity contribution >= 4 is 10.9 Å². The van der Waals surface area contributed by atoms with Gasteiger partial charge in [-0.2, -0.15) is 0 Å². The molecular weight excluding hydrogens is 234 g/mol. The number of benzene rings is 1. The summed E-state index contributed by atoms with van der Waals surface area (Å²) in [4.78, 5) is 3.20. The molecule has 102 valence electrons. The van der Waals surface area contributed by atoms with Gasteiger partial charge in [0.15, 0.2) is 0 Å². The molecule has 0 amide bonds. The highest BCUT2D eigenvalue weighted by Crippen LogP contribution is 2.48. The quantitative estimate of drug-likeness (QED) is 0.789. The molecule has 1 saturated carbocycles. The molecule has 1 heterocycles. The molecule has 2 aromatic rings. The van der Waals surface area contributed by atoms with Crippen molar-refractivity contribution in [1.82, 2.24) is 4.98 Å². The first-order valence-corrected chi connectivity index (χ1v) is 7.21. The summed E-state index contributed by atoms with van der Waals surface area (Å²) in [6.45, 7) is 6.79. The molecule has 1 fully saturated rings. The Morgan fingerprint density at radius 2 is 2.00 bits per heavy atom. The van der Waals surface area contributed by atoms with Gasteiger partial charge in [-0.1, -0.05) is 26.8 Å². The fourth-order valence-electron chi connectivity index (χ4n) is 3.63. The van der Waals surface area contributed by atoms with Crippen LogP contribution in [0.4, 0.5) is 0 Å². The lowest BCUT2D eigenvalue weighted by molar-refractivity contribution is -0.0768. The fourth-order valence-corrected chi connectivity index (χ4v) is 3.63. The summed E-state index contributed by atoms with van der Waals surface area (Å²) >= 11 is 0. The van der Waals surface area contributed by atoms with Crippen molar-refractivity contribution in [2.45, 2.75) is 45.6 Å². The monoisotopic (exact) mass is 257 g/mol. The molecule has 0 saturated heterocycles. The predicted molar refractivity (Wildman–Crippen MR) is 79.0 cm³/mol. The summed E-state index contributed by atoms with van der Waals surface area (Å²) in [5, 5.41) is 12.3. The third-order valence-corrected chi connectivity index (χ3v) is 4.91. The van der Waals surface area contributed by atoms with Gasteiger partial charge in [-0.25, -0.2) is 0 Å². The number of nitrogens with one attached hydrogen (secondary N) is 1. The van der Waals surface area contributed by atoms with E-state index in [1.54, 1.807) is 0 Å². The maximum atomic E-state index is 11.1. The Kier molecular flexibility index (Phi) is 2.75. The molecule has 2 atom stereocenters. The SMILES string of the molecule is CC1CC(C)(C)CCC1(O)c1ccc2[nH]ccc2c1. The minimum absolute atomic E-state index is 0.299. The predicted octanol–water partition coefficient (Wildman–Crippen LogP) is 4.20. The second-order valence-corrected chi connectivity index (χ2v) is 6.97. The largest absolute Gasteiger partial charge is 0.385 e. The van der Waals surface area contributed by atoms with Crippen LogP contribution in [0.2, 0.25) is 0 Å². The van der Waals surface area contributed by atoms with Crippen LogP contribution < -0.4 is 0 Å². The van der Waals surface area contributed by atoms with E-state index in [4.69, 9.17) is 0 Å². The van der Waals surface area contributed by atoms with Crippen molar-refractivity contribution in [2.24, 2.45) is 11.3 Å². The fraction of sp³-hybridized carbons (Fsp3) is 0.529. The zero-order valence-corrected chi connectivity index (χ0v) is 12.0. The van der Waals surface area contributed by atoms with Crippen molar-refractivity contribution in [3.05, 3.63) is 36.0 Å². The summed E-state index contributed by atoms with van der Waals surface area (Å²) in [5.74, 6) is 0.299. The Morgan fingerprint density at radius 1 is 1.21 bits per heavy atom. The number of aliphatic hydroxyl groups is 1. The van der Waals surface area contributed by atoms with E-state index in [9.17, 15) is 5.11 Å². The molecule has 1 aliphatic rings. The Labute approximate surface area is 114 Å². The van der Waals surface area contributed by atoms with Crippen LogP contribution in [-0.4, -0.2) is 10.1 Å². The number of aromatic nitrogens is 1. The average Bonchev–Trinajstić information content (AvgIpc) is 2.81. The van der Waals surface area contributed by atoms with E-state index in [1.165, 1.54) is 5.39 Å². The summed E-state index contributed by atoms with van der Waals surface area (Å²) in [7, 11) is 0. The molecule has 1 aromatic heterocycles. The molecule has 0 spiro atoms. The van der Waals surface area contributed by atoms with Gasteiger partial charge in [0.05, 0.1) is 5.60 Å². The van der Waals surface area contributed by atoms with Gasteiger partial charge in [0.25, 0.3) is 0 Å². The van der Waals surface area contributed by atoms with Crippen molar-refractivity contribution in [3.8, 4) is 0 Å². The summed E-state index contributed by atoms with van der Waals surface area (Å²) < 4.78 is 0. The third-order valence-electron chi connectivity index (χ3n) is 4.91. The second kappa shape index (κ2) is 4.11. The minimum Gasteiger partial charge on any atom is -0.385 e. The van der Waals surface area contributed by atoms with E-state index < -0.39 is 5.60 Å². The van der Waals surface area contributed by atoms with Gasteiger partial charge < -0.3 is 10.1 Å². The van der Waals surface area contributed by atoms with Gasteiger partial charge in [0, 0.05) is 11.7 Å². The summed E-state index contributed by atoms with van der Waals surface area (Å²) in [6, 6.07) is 8.36. The minimum atomic E-state index is -0.666. The smallest absolute Gasteiger partial charge is 0.0922 e. The molecule has 2 N–H and O–H groups in total. The van der Waals surface area contributed by atoms with Gasteiger partial charge in [-0.15, -0.1) is 0 Å². The first-order valence-electron chi connectivity index (χ1n) is 7.21. The van der Waals surface area contributed by atoms with Crippen molar-refractivity contribution in [3.63, 3.8) is 0 Å². The Hall–Kier alpha value is -1.28. The van der Waals surface area contributed by atoms with Crippen LogP contribution in [0.3, 0.4) is 0 Å². The van der Waals surface area contributed by atoms with Gasteiger partial charge in [0.2, 0.25) is 0 Å². The van der Waals surface area contributed by atoms with Gasteiger partial charge in [-0.3, -0.25) is 0 Å². The second-order valence-electron chi connectivity index (χ2n) is 6.97. The molecule has 0 radical (unpaired) electrons. The number of H-pyrrole nitrogens is 1. The van der Waals surface area contributed by atoms with Crippen molar-refractivity contribution < 1.29 is 5.11 Å². The van der Waals surface area contributed by atoms with Crippen LogP contribution in [-0.2, 0) is 5.60 Å². The third kappa shape index (κ3) is 2.08. The normalized spacial score (nSPS) is 30.6. The van der Waals surface area contributed by atoms with Crippen LogP contribution in [0.5, 0.6) is 0 Å². The van der Waals surface area contributed by atoms with Crippen LogP contribution >= 0.6 is 0 Å². The van der Waals surface area contributed by atoms with E-state index in [2.05, 4.69) is 50.0 Å². The molecule has 2 heteroatoms. The van der Waals surface area contributed by atoms with E-state index in [0.29, 0.717) is 11.3 Å². The Balaban J connectivity index is 1.99. The molecule has 0 bridgehead atoms. The van der Waals surface area contributed by atoms with E-state index in [1.807, 2.05) is 6.20 Å². The molecule has 1 aromatic carbocycles. The molecule has 2 unspecified atom stereocenters. The lowest BCUT2D eigenvalue weighted by Gasteiger charge is -2.45. The van der Waals surface area contributed by atoms with Crippen molar-refractivity contribution in [2.75, 3.05) is 0 Å². The van der Waals surface area contributed by atoms with Crippen LogP contribution in [0.25, 0.3) is 10.9 Å². The molecule has 0 aliphatic heterocycles. The molecule has 1 aliphatic carbocycles. The van der Waals surface area contributed by atoms with E-state index in [-0.39, 0.29) is 0 Å². The van der Waals surface area contributed by atoms with Crippen LogP contribution in [0.15, 0.2) is 30.5 Å². The first-order chi connectivity index (χ1) is 8.91. The van der Waals surface area contributed by atoms with Gasteiger partial charge >= 0.3 is 0 Å². The number of rotatable bonds is 1. The lowest BCUT2D eigenvalue weighted by Crippen LogP contribution is -2.41. The number of hydrogen-bond acceptors (Lipinski definition) is 1. The number of fused-ring (bicyclic) bond motifs is 1. The number of hydrogen-bond donors (Lipinski definition) is 2. The van der Waals surface area contributed by atoms with Crippen LogP contribution in [0, 0.1) is 11.3 Å². The zero-order valence-electron chi connectivity index (χ0n) is 12.0. The Bertz CT molecular complexity index is 598. The molecular formula is C17H23NO. The van der Waals surface area contributed by atoms with E-state index >= 15 is 0 Å². The maximum absolute atomic E-state index is 11.1. The topological polar surface area (TPSA) is 36.0 Å². The van der Waals surface area contributed by atoms with Gasteiger partial charge in [-0.05, 0) is 59.7 Å². The van der Waals surface area contributed by atoms with E-state index in [0.717, 1.165) is 30.3 Å².